The van der Waals surface area contributed by atoms with Gasteiger partial charge in [0.15, 0.2) is 0 Å². The van der Waals surface area contributed by atoms with E-state index in [1.54, 1.807) is 0 Å². The quantitative estimate of drug-likeness (QED) is 0.872. The average Bonchev–Trinajstić information content (AvgIpc) is 2.98. The summed E-state index contributed by atoms with van der Waals surface area (Å²) in [6, 6.07) is 10.3. The van der Waals surface area contributed by atoms with Crippen molar-refractivity contribution in [3.8, 4) is 0 Å². The topological polar surface area (TPSA) is 32.3 Å². The lowest BCUT2D eigenvalue weighted by Crippen LogP contribution is -2.48. The van der Waals surface area contributed by atoms with Gasteiger partial charge in [0.2, 0.25) is 5.91 Å². The van der Waals surface area contributed by atoms with Gasteiger partial charge >= 0.3 is 0 Å². The van der Waals surface area contributed by atoms with Crippen molar-refractivity contribution in [1.82, 2.24) is 10.2 Å². The molecule has 0 radical (unpaired) electrons. The lowest BCUT2D eigenvalue weighted by molar-refractivity contribution is -0.144. The molecule has 1 atom stereocenters. The molecule has 21 heavy (non-hydrogen) atoms. The van der Waals surface area contributed by atoms with E-state index in [1.807, 2.05) is 18.2 Å². The Labute approximate surface area is 128 Å². The Balaban J connectivity index is 2.18. The van der Waals surface area contributed by atoms with Crippen molar-refractivity contribution in [2.45, 2.75) is 40.2 Å². The van der Waals surface area contributed by atoms with Gasteiger partial charge in [-0.25, -0.2) is 0 Å². The maximum absolute atomic E-state index is 13.2. The summed E-state index contributed by atoms with van der Waals surface area (Å²) in [5.74, 6) is 0.698. The molecule has 1 aromatic rings. The minimum Gasteiger partial charge on any atom is -0.338 e. The van der Waals surface area contributed by atoms with E-state index in [0.29, 0.717) is 11.8 Å². The van der Waals surface area contributed by atoms with Gasteiger partial charge in [0.25, 0.3) is 0 Å². The number of nitrogens with zero attached hydrogens (tertiary/aromatic N) is 1. The van der Waals surface area contributed by atoms with E-state index in [1.165, 1.54) is 5.56 Å². The Kier molecular flexibility index (Phi) is 5.40. The highest BCUT2D eigenvalue weighted by Crippen LogP contribution is 2.36. The fourth-order valence-corrected chi connectivity index (χ4v) is 3.27. The third-order valence-electron chi connectivity index (χ3n) is 4.72. The highest BCUT2D eigenvalue weighted by atomic mass is 16.2. The molecule has 0 aliphatic carbocycles. The normalized spacial score (nSPS) is 21.7. The van der Waals surface area contributed by atoms with Crippen LogP contribution in [0.4, 0.5) is 0 Å². The first-order valence-corrected chi connectivity index (χ1v) is 8.14. The summed E-state index contributed by atoms with van der Waals surface area (Å²) in [6.07, 6.45) is 1.96. The molecule has 1 aromatic carbocycles. The zero-order valence-corrected chi connectivity index (χ0v) is 13.6. The van der Waals surface area contributed by atoms with Crippen LogP contribution >= 0.6 is 0 Å². The van der Waals surface area contributed by atoms with Crippen LogP contribution in [0.2, 0.25) is 0 Å². The van der Waals surface area contributed by atoms with Crippen molar-refractivity contribution in [1.29, 1.82) is 0 Å². The van der Waals surface area contributed by atoms with Crippen LogP contribution < -0.4 is 5.32 Å². The van der Waals surface area contributed by atoms with Crippen LogP contribution in [-0.4, -0.2) is 30.4 Å². The second-order valence-electron chi connectivity index (χ2n) is 6.45. The van der Waals surface area contributed by atoms with Gasteiger partial charge in [0.1, 0.15) is 0 Å². The maximum Gasteiger partial charge on any atom is 0.230 e. The number of hydrogen-bond donors (Lipinski definition) is 1. The van der Waals surface area contributed by atoms with Crippen molar-refractivity contribution in [3.63, 3.8) is 0 Å². The van der Waals surface area contributed by atoms with E-state index in [2.05, 4.69) is 43.1 Å². The number of rotatable bonds is 6. The first-order chi connectivity index (χ1) is 10.1. The van der Waals surface area contributed by atoms with Crippen molar-refractivity contribution in [2.75, 3.05) is 19.6 Å². The van der Waals surface area contributed by atoms with E-state index < -0.39 is 0 Å². The molecule has 1 heterocycles. The highest BCUT2D eigenvalue weighted by molar-refractivity contribution is 5.83. The standard InChI is InChI=1S/C18H28N2O/c1-4-12-20(13-16-8-6-5-7-9-16)17(21)18(15(2)3)10-11-19-14-18/h5-9,15,19H,4,10-14H2,1-3H3. The van der Waals surface area contributed by atoms with E-state index in [-0.39, 0.29) is 5.41 Å². The summed E-state index contributed by atoms with van der Waals surface area (Å²) >= 11 is 0. The monoisotopic (exact) mass is 288 g/mol. The van der Waals surface area contributed by atoms with Gasteiger partial charge in [-0.15, -0.1) is 0 Å². The summed E-state index contributed by atoms with van der Waals surface area (Å²) in [5, 5.41) is 3.39. The smallest absolute Gasteiger partial charge is 0.230 e. The molecule has 3 heteroatoms. The van der Waals surface area contributed by atoms with E-state index >= 15 is 0 Å². The number of hydrogen-bond acceptors (Lipinski definition) is 2. The van der Waals surface area contributed by atoms with Crippen LogP contribution in [0.5, 0.6) is 0 Å². The number of amides is 1. The Hall–Kier alpha value is -1.35. The van der Waals surface area contributed by atoms with Crippen molar-refractivity contribution in [2.24, 2.45) is 11.3 Å². The Morgan fingerprint density at radius 1 is 1.33 bits per heavy atom. The summed E-state index contributed by atoms with van der Waals surface area (Å²) in [4.78, 5) is 15.2. The van der Waals surface area contributed by atoms with E-state index in [4.69, 9.17) is 0 Å². The molecule has 1 amide bonds. The molecule has 0 saturated carbocycles. The summed E-state index contributed by atoms with van der Waals surface area (Å²) < 4.78 is 0. The molecule has 1 N–H and O–H groups in total. The van der Waals surface area contributed by atoms with Crippen molar-refractivity contribution >= 4 is 5.91 Å². The number of carbonyl (C=O) groups excluding carboxylic acids is 1. The Morgan fingerprint density at radius 3 is 2.57 bits per heavy atom. The molecule has 1 aliphatic heterocycles. The van der Waals surface area contributed by atoms with Gasteiger partial charge in [-0.05, 0) is 30.9 Å². The average molecular weight is 288 g/mol. The highest BCUT2D eigenvalue weighted by Gasteiger charge is 2.45. The van der Waals surface area contributed by atoms with Crippen LogP contribution in [-0.2, 0) is 11.3 Å². The molecule has 0 spiro atoms. The van der Waals surface area contributed by atoms with Gasteiger partial charge in [0.05, 0.1) is 5.41 Å². The third-order valence-corrected chi connectivity index (χ3v) is 4.72. The van der Waals surface area contributed by atoms with Gasteiger partial charge in [-0.2, -0.15) is 0 Å². The predicted octanol–water partition coefficient (Wildman–Crippen LogP) is 3.06. The molecule has 2 rings (SSSR count). The van der Waals surface area contributed by atoms with Crippen LogP contribution in [0.1, 0.15) is 39.2 Å². The molecule has 1 fully saturated rings. The van der Waals surface area contributed by atoms with Crippen LogP contribution in [0.25, 0.3) is 0 Å². The lowest BCUT2D eigenvalue weighted by atomic mass is 9.75. The second kappa shape index (κ2) is 7.08. The summed E-state index contributed by atoms with van der Waals surface area (Å²) in [6.45, 7) is 9.83. The summed E-state index contributed by atoms with van der Waals surface area (Å²) in [5.41, 5.74) is 0.994. The first-order valence-electron chi connectivity index (χ1n) is 8.14. The van der Waals surface area contributed by atoms with Crippen molar-refractivity contribution in [3.05, 3.63) is 35.9 Å². The second-order valence-corrected chi connectivity index (χ2v) is 6.45. The van der Waals surface area contributed by atoms with Crippen LogP contribution in [0.3, 0.4) is 0 Å². The molecule has 1 aliphatic rings. The molecule has 1 saturated heterocycles. The zero-order chi connectivity index (χ0) is 15.3. The molecule has 116 valence electrons. The van der Waals surface area contributed by atoms with Crippen molar-refractivity contribution < 1.29 is 4.79 Å². The molecule has 3 nitrogen and oxygen atoms in total. The van der Waals surface area contributed by atoms with Crippen LogP contribution in [0, 0.1) is 11.3 Å². The number of benzene rings is 1. The Morgan fingerprint density at radius 2 is 2.05 bits per heavy atom. The largest absolute Gasteiger partial charge is 0.338 e. The lowest BCUT2D eigenvalue weighted by Gasteiger charge is -2.37. The fourth-order valence-electron chi connectivity index (χ4n) is 3.27. The Bertz CT molecular complexity index is 450. The SMILES string of the molecule is CCCN(Cc1ccccc1)C(=O)C1(C(C)C)CCNC1. The van der Waals surface area contributed by atoms with E-state index in [0.717, 1.165) is 39.0 Å². The molecular formula is C18H28N2O. The number of carbonyl (C=O) groups is 1. The minimum absolute atomic E-state index is 0.218. The molecule has 0 aromatic heterocycles. The number of nitrogens with one attached hydrogen (secondary N) is 1. The minimum atomic E-state index is -0.218. The zero-order valence-electron chi connectivity index (χ0n) is 13.6. The first kappa shape index (κ1) is 16.0. The molecule has 1 unspecified atom stereocenters. The maximum atomic E-state index is 13.2. The van der Waals surface area contributed by atoms with Gasteiger partial charge in [0, 0.05) is 19.6 Å². The van der Waals surface area contributed by atoms with Gasteiger partial charge in [-0.1, -0.05) is 51.1 Å². The van der Waals surface area contributed by atoms with E-state index in [9.17, 15) is 4.79 Å². The summed E-state index contributed by atoms with van der Waals surface area (Å²) in [7, 11) is 0. The molecule has 0 bridgehead atoms. The van der Waals surface area contributed by atoms with Crippen LogP contribution in [0.15, 0.2) is 30.3 Å². The fraction of sp³-hybridized carbons (Fsp3) is 0.611. The molecular weight excluding hydrogens is 260 g/mol. The third kappa shape index (κ3) is 3.46. The predicted molar refractivity (Wildman–Crippen MR) is 86.9 cm³/mol. The van der Waals surface area contributed by atoms with Gasteiger partial charge in [-0.3, -0.25) is 4.79 Å². The van der Waals surface area contributed by atoms with Gasteiger partial charge < -0.3 is 10.2 Å².